The molecule has 0 saturated heterocycles. The van der Waals surface area contributed by atoms with Crippen LogP contribution in [0.1, 0.15) is 37.7 Å². The number of hydrogen-bond acceptors (Lipinski definition) is 3. The summed E-state index contributed by atoms with van der Waals surface area (Å²) in [7, 11) is 0. The second-order valence-electron chi connectivity index (χ2n) is 5.93. The summed E-state index contributed by atoms with van der Waals surface area (Å²) in [4.78, 5) is 11.9. The molecule has 0 aromatic heterocycles. The first kappa shape index (κ1) is 16.8. The van der Waals surface area contributed by atoms with E-state index in [2.05, 4.69) is 16.7 Å². The predicted molar refractivity (Wildman–Crippen MR) is 88.8 cm³/mol. The summed E-state index contributed by atoms with van der Waals surface area (Å²) in [6.45, 7) is 2.58. The maximum atomic E-state index is 11.9. The van der Waals surface area contributed by atoms with Gasteiger partial charge < -0.3 is 10.6 Å². The van der Waals surface area contributed by atoms with Crippen molar-refractivity contribution in [3.63, 3.8) is 0 Å². The van der Waals surface area contributed by atoms with Gasteiger partial charge in [0.25, 0.3) is 0 Å². The summed E-state index contributed by atoms with van der Waals surface area (Å²) in [6, 6.07) is 8.27. The fraction of sp³-hybridized carbons (Fsp3) is 0.529. The fourth-order valence-electron chi connectivity index (χ4n) is 2.82. The molecule has 0 aliphatic heterocycles. The van der Waals surface area contributed by atoms with Crippen LogP contribution in [-0.2, 0) is 4.79 Å². The summed E-state index contributed by atoms with van der Waals surface area (Å²) in [5.41, 5.74) is 1.72. The summed E-state index contributed by atoms with van der Waals surface area (Å²) < 4.78 is 0. The molecule has 2 N–H and O–H groups in total. The minimum atomic E-state index is -0.0501. The van der Waals surface area contributed by atoms with Gasteiger partial charge in [0.1, 0.15) is 0 Å². The Bertz CT molecular complexity index is 568. The zero-order chi connectivity index (χ0) is 15.9. The number of nitrogens with zero attached hydrogens (tertiary/aromatic N) is 1. The second kappa shape index (κ2) is 8.17. The molecule has 0 spiro atoms. The highest BCUT2D eigenvalue weighted by molar-refractivity contribution is 6.33. The third-order valence-electron chi connectivity index (χ3n) is 4.04. The van der Waals surface area contributed by atoms with Gasteiger partial charge in [-0.25, -0.2) is 0 Å². The Balaban J connectivity index is 1.73. The third-order valence-corrected chi connectivity index (χ3v) is 4.35. The number of aryl methyl sites for hydroxylation is 1. The molecule has 0 unspecified atom stereocenters. The van der Waals surface area contributed by atoms with Crippen molar-refractivity contribution in [1.29, 1.82) is 5.26 Å². The molecule has 2 rings (SSSR count). The lowest BCUT2D eigenvalue weighted by Crippen LogP contribution is -2.35. The summed E-state index contributed by atoms with van der Waals surface area (Å²) in [5.74, 6) is 0.109. The van der Waals surface area contributed by atoms with E-state index >= 15 is 0 Å². The average molecular weight is 320 g/mol. The van der Waals surface area contributed by atoms with Crippen molar-refractivity contribution in [2.45, 2.75) is 45.1 Å². The molecule has 0 heterocycles. The van der Waals surface area contributed by atoms with E-state index in [1.54, 1.807) is 0 Å². The van der Waals surface area contributed by atoms with Gasteiger partial charge >= 0.3 is 0 Å². The highest BCUT2D eigenvalue weighted by atomic mass is 35.5. The lowest BCUT2D eigenvalue weighted by Gasteiger charge is -2.26. The van der Waals surface area contributed by atoms with E-state index in [9.17, 15) is 4.79 Å². The number of nitrogens with one attached hydrogen (secondary N) is 2. The van der Waals surface area contributed by atoms with Crippen LogP contribution in [0.2, 0.25) is 5.02 Å². The van der Waals surface area contributed by atoms with Gasteiger partial charge in [-0.05, 0) is 43.9 Å². The van der Waals surface area contributed by atoms with Gasteiger partial charge in [-0.15, -0.1) is 0 Å². The van der Waals surface area contributed by atoms with Gasteiger partial charge in [0.05, 0.1) is 16.8 Å². The molecule has 5 heteroatoms. The molecule has 0 radical (unpaired) electrons. The number of rotatable bonds is 5. The lowest BCUT2D eigenvalue weighted by molar-refractivity contribution is -0.116. The third kappa shape index (κ3) is 5.01. The van der Waals surface area contributed by atoms with Gasteiger partial charge in [-0.2, -0.15) is 5.26 Å². The smallest absolute Gasteiger partial charge is 0.225 e. The van der Waals surface area contributed by atoms with Crippen LogP contribution >= 0.6 is 11.6 Å². The standard InChI is InChI=1S/C17H22ClN3O/c1-12-5-6-16(15(18)9-12)21-17(22)7-8-20-14-4-2-3-13(10-14)11-19/h5-6,9,13-14,20H,2-4,7-8,10H2,1H3,(H,21,22)/t13-,14-/m1/s1. The van der Waals surface area contributed by atoms with Gasteiger partial charge in [0, 0.05) is 24.9 Å². The number of hydrogen-bond donors (Lipinski definition) is 2. The number of carbonyl (C=O) groups is 1. The molecule has 1 amide bonds. The van der Waals surface area contributed by atoms with E-state index in [-0.39, 0.29) is 11.8 Å². The van der Waals surface area contributed by atoms with Crippen molar-refractivity contribution in [2.75, 3.05) is 11.9 Å². The molecule has 1 fully saturated rings. The van der Waals surface area contributed by atoms with E-state index in [0.29, 0.717) is 29.7 Å². The molecule has 2 atom stereocenters. The van der Waals surface area contributed by atoms with Crippen LogP contribution in [0.3, 0.4) is 0 Å². The molecule has 0 bridgehead atoms. The van der Waals surface area contributed by atoms with Crippen molar-refractivity contribution in [2.24, 2.45) is 5.92 Å². The van der Waals surface area contributed by atoms with E-state index in [1.807, 2.05) is 25.1 Å². The van der Waals surface area contributed by atoms with E-state index in [0.717, 1.165) is 31.2 Å². The Labute approximate surface area is 136 Å². The molecular formula is C17H22ClN3O. The van der Waals surface area contributed by atoms with Gasteiger partial charge in [-0.1, -0.05) is 24.1 Å². The quantitative estimate of drug-likeness (QED) is 0.870. The van der Waals surface area contributed by atoms with Gasteiger partial charge in [0.2, 0.25) is 5.91 Å². The van der Waals surface area contributed by atoms with Crippen LogP contribution < -0.4 is 10.6 Å². The number of halogens is 1. The van der Waals surface area contributed by atoms with Crippen LogP contribution in [0.4, 0.5) is 5.69 Å². The Hall–Kier alpha value is -1.57. The van der Waals surface area contributed by atoms with Crippen LogP contribution in [0, 0.1) is 24.2 Å². The summed E-state index contributed by atoms with van der Waals surface area (Å²) in [5, 5.41) is 15.8. The highest BCUT2D eigenvalue weighted by Gasteiger charge is 2.21. The van der Waals surface area contributed by atoms with E-state index < -0.39 is 0 Å². The first-order valence-electron chi connectivity index (χ1n) is 7.77. The minimum absolute atomic E-state index is 0.0501. The number of benzene rings is 1. The second-order valence-corrected chi connectivity index (χ2v) is 6.33. The van der Waals surface area contributed by atoms with Crippen LogP contribution in [0.5, 0.6) is 0 Å². The zero-order valence-electron chi connectivity index (χ0n) is 12.9. The van der Waals surface area contributed by atoms with E-state index in [4.69, 9.17) is 16.9 Å². The summed E-state index contributed by atoms with van der Waals surface area (Å²) in [6.07, 6.45) is 4.46. The molecule has 118 valence electrons. The molecule has 1 aliphatic rings. The zero-order valence-corrected chi connectivity index (χ0v) is 13.6. The molecule has 4 nitrogen and oxygen atoms in total. The molecule has 1 aromatic carbocycles. The molecule has 1 aliphatic carbocycles. The number of anilines is 1. The van der Waals surface area contributed by atoms with Crippen LogP contribution in [-0.4, -0.2) is 18.5 Å². The van der Waals surface area contributed by atoms with Crippen molar-refractivity contribution in [1.82, 2.24) is 5.32 Å². The monoisotopic (exact) mass is 319 g/mol. The maximum absolute atomic E-state index is 11.9. The van der Waals surface area contributed by atoms with Gasteiger partial charge in [-0.3, -0.25) is 4.79 Å². The largest absolute Gasteiger partial charge is 0.325 e. The Morgan fingerprint density at radius 1 is 1.45 bits per heavy atom. The van der Waals surface area contributed by atoms with Gasteiger partial charge in [0.15, 0.2) is 0 Å². The van der Waals surface area contributed by atoms with Crippen molar-refractivity contribution in [3.8, 4) is 6.07 Å². The first-order valence-corrected chi connectivity index (χ1v) is 8.15. The van der Waals surface area contributed by atoms with Crippen molar-refractivity contribution >= 4 is 23.2 Å². The average Bonchev–Trinajstić information content (AvgIpc) is 2.50. The molecule has 22 heavy (non-hydrogen) atoms. The SMILES string of the molecule is Cc1ccc(NC(=O)CCN[C@@H]2CCC[C@@H](C#N)C2)c(Cl)c1. The molecule has 1 saturated carbocycles. The Kier molecular flexibility index (Phi) is 6.23. The minimum Gasteiger partial charge on any atom is -0.325 e. The highest BCUT2D eigenvalue weighted by Crippen LogP contribution is 2.24. The summed E-state index contributed by atoms with van der Waals surface area (Å²) >= 11 is 6.10. The van der Waals surface area contributed by atoms with Crippen LogP contribution in [0.25, 0.3) is 0 Å². The first-order chi connectivity index (χ1) is 10.6. The number of carbonyl (C=O) groups excluding carboxylic acids is 1. The Morgan fingerprint density at radius 3 is 3.00 bits per heavy atom. The number of amides is 1. The van der Waals surface area contributed by atoms with E-state index in [1.165, 1.54) is 0 Å². The molecular weight excluding hydrogens is 298 g/mol. The topological polar surface area (TPSA) is 64.9 Å². The van der Waals surface area contributed by atoms with Crippen molar-refractivity contribution < 1.29 is 4.79 Å². The number of nitriles is 1. The molecule has 1 aromatic rings. The fourth-order valence-corrected chi connectivity index (χ4v) is 3.10. The predicted octanol–water partition coefficient (Wildman–Crippen LogP) is 3.65. The lowest BCUT2D eigenvalue weighted by atomic mass is 9.87. The normalized spacial score (nSPS) is 21.1. The van der Waals surface area contributed by atoms with Crippen LogP contribution in [0.15, 0.2) is 18.2 Å². The maximum Gasteiger partial charge on any atom is 0.225 e. The van der Waals surface area contributed by atoms with Crippen molar-refractivity contribution in [3.05, 3.63) is 28.8 Å². The Morgan fingerprint density at radius 2 is 2.27 bits per heavy atom.